The molecule has 0 bridgehead atoms. The Morgan fingerprint density at radius 3 is 2.92 bits per heavy atom. The van der Waals surface area contributed by atoms with Gasteiger partial charge < -0.3 is 16.0 Å². The number of piperidine rings is 1. The van der Waals surface area contributed by atoms with E-state index < -0.39 is 0 Å². The van der Waals surface area contributed by atoms with E-state index in [1.165, 1.54) is 0 Å². The van der Waals surface area contributed by atoms with Crippen LogP contribution in [0.2, 0.25) is 0 Å². The monoisotopic (exact) mass is 171 g/mol. The average molecular weight is 171 g/mol. The van der Waals surface area contributed by atoms with Crippen molar-refractivity contribution in [3.05, 3.63) is 0 Å². The number of amides is 2. The summed E-state index contributed by atoms with van der Waals surface area (Å²) < 4.78 is 0. The molecule has 12 heavy (non-hydrogen) atoms. The first-order valence-corrected chi connectivity index (χ1v) is 4.45. The summed E-state index contributed by atoms with van der Waals surface area (Å²) in [5, 5.41) is 8.78. The number of hydrogen-bond donors (Lipinski definition) is 3. The van der Waals surface area contributed by atoms with E-state index in [2.05, 4.69) is 22.9 Å². The normalized spacial score (nSPS) is 29.5. The zero-order valence-electron chi connectivity index (χ0n) is 7.68. The Balaban J connectivity index is 2.33. The van der Waals surface area contributed by atoms with E-state index in [1.807, 2.05) is 0 Å². The van der Waals surface area contributed by atoms with Gasteiger partial charge in [0.15, 0.2) is 0 Å². The molecule has 0 aromatic heterocycles. The van der Waals surface area contributed by atoms with Crippen molar-refractivity contribution in [3.8, 4) is 0 Å². The maximum atomic E-state index is 11.0. The van der Waals surface area contributed by atoms with Gasteiger partial charge in [0.25, 0.3) is 0 Å². The molecular formula is C8H17N3O. The molecule has 4 heteroatoms. The summed E-state index contributed by atoms with van der Waals surface area (Å²) in [6, 6.07) is 0.574. The van der Waals surface area contributed by atoms with Gasteiger partial charge in [-0.3, -0.25) is 0 Å². The van der Waals surface area contributed by atoms with Crippen molar-refractivity contribution in [2.24, 2.45) is 0 Å². The van der Waals surface area contributed by atoms with Crippen molar-refractivity contribution in [1.29, 1.82) is 0 Å². The predicted molar refractivity (Wildman–Crippen MR) is 48.1 cm³/mol. The molecule has 0 aromatic carbocycles. The Morgan fingerprint density at radius 1 is 1.58 bits per heavy atom. The van der Waals surface area contributed by atoms with Gasteiger partial charge in [-0.15, -0.1) is 0 Å². The highest BCUT2D eigenvalue weighted by Crippen LogP contribution is 2.07. The lowest BCUT2D eigenvalue weighted by Crippen LogP contribution is -2.53. The predicted octanol–water partition coefficient (Wildman–Crippen LogP) is 0.0559. The molecule has 2 atom stereocenters. The summed E-state index contributed by atoms with van der Waals surface area (Å²) in [4.78, 5) is 11.0. The molecule has 1 aliphatic heterocycles. The smallest absolute Gasteiger partial charge is 0.314 e. The van der Waals surface area contributed by atoms with E-state index in [0.29, 0.717) is 6.04 Å². The molecule has 0 aromatic rings. The molecule has 2 amide bonds. The molecule has 70 valence electrons. The standard InChI is InChI=1S/C8H17N3O/c1-6-7(4-3-5-10-6)11-8(12)9-2/h6-7,10H,3-5H2,1-2H3,(H2,9,11,12). The zero-order chi connectivity index (χ0) is 8.97. The molecule has 3 N–H and O–H groups in total. The van der Waals surface area contributed by atoms with E-state index >= 15 is 0 Å². The largest absolute Gasteiger partial charge is 0.341 e. The van der Waals surface area contributed by atoms with E-state index in [1.54, 1.807) is 7.05 Å². The van der Waals surface area contributed by atoms with E-state index in [4.69, 9.17) is 0 Å². The fourth-order valence-corrected chi connectivity index (χ4v) is 1.48. The average Bonchev–Trinajstić information content (AvgIpc) is 2.09. The second-order valence-electron chi connectivity index (χ2n) is 3.21. The lowest BCUT2D eigenvalue weighted by molar-refractivity contribution is 0.230. The van der Waals surface area contributed by atoms with Gasteiger partial charge >= 0.3 is 6.03 Å². The van der Waals surface area contributed by atoms with Crippen LogP contribution in [0.4, 0.5) is 4.79 Å². The Bertz CT molecular complexity index is 160. The van der Waals surface area contributed by atoms with Gasteiger partial charge in [0.2, 0.25) is 0 Å². The summed E-state index contributed by atoms with van der Waals surface area (Å²) >= 11 is 0. The highest BCUT2D eigenvalue weighted by atomic mass is 16.2. The third-order valence-corrected chi connectivity index (χ3v) is 2.31. The van der Waals surface area contributed by atoms with Crippen LogP contribution < -0.4 is 16.0 Å². The second kappa shape index (κ2) is 4.30. The molecule has 0 aliphatic carbocycles. The number of urea groups is 1. The van der Waals surface area contributed by atoms with Gasteiger partial charge in [-0.25, -0.2) is 4.79 Å². The fourth-order valence-electron chi connectivity index (χ4n) is 1.48. The number of carbonyl (C=O) groups excluding carboxylic acids is 1. The van der Waals surface area contributed by atoms with Crippen molar-refractivity contribution in [3.63, 3.8) is 0 Å². The van der Waals surface area contributed by atoms with Crippen molar-refractivity contribution < 1.29 is 4.79 Å². The topological polar surface area (TPSA) is 53.2 Å². The molecule has 1 saturated heterocycles. The summed E-state index contributed by atoms with van der Waals surface area (Å²) in [7, 11) is 1.64. The first kappa shape index (κ1) is 9.32. The minimum absolute atomic E-state index is 0.0875. The van der Waals surface area contributed by atoms with Crippen molar-refractivity contribution in [1.82, 2.24) is 16.0 Å². The lowest BCUT2D eigenvalue weighted by atomic mass is 10.0. The van der Waals surface area contributed by atoms with E-state index in [9.17, 15) is 4.79 Å². The molecule has 1 aliphatic rings. The van der Waals surface area contributed by atoms with Crippen molar-refractivity contribution in [2.75, 3.05) is 13.6 Å². The number of nitrogens with one attached hydrogen (secondary N) is 3. The van der Waals surface area contributed by atoms with Crippen LogP contribution in [0.25, 0.3) is 0 Å². The fraction of sp³-hybridized carbons (Fsp3) is 0.875. The van der Waals surface area contributed by atoms with Gasteiger partial charge in [0.05, 0.1) is 0 Å². The third-order valence-electron chi connectivity index (χ3n) is 2.31. The van der Waals surface area contributed by atoms with Gasteiger partial charge in [-0.1, -0.05) is 0 Å². The second-order valence-corrected chi connectivity index (χ2v) is 3.21. The van der Waals surface area contributed by atoms with Crippen molar-refractivity contribution >= 4 is 6.03 Å². The van der Waals surface area contributed by atoms with Crippen LogP contribution in [0, 0.1) is 0 Å². The maximum absolute atomic E-state index is 11.0. The SMILES string of the molecule is CNC(=O)NC1CCCNC1C. The molecule has 1 rings (SSSR count). The van der Waals surface area contributed by atoms with Crippen LogP contribution in [-0.2, 0) is 0 Å². The van der Waals surface area contributed by atoms with Gasteiger partial charge in [-0.05, 0) is 26.3 Å². The van der Waals surface area contributed by atoms with Crippen molar-refractivity contribution in [2.45, 2.75) is 31.8 Å². The van der Waals surface area contributed by atoms with E-state index in [-0.39, 0.29) is 12.1 Å². The lowest BCUT2D eigenvalue weighted by Gasteiger charge is -2.30. The molecule has 0 saturated carbocycles. The molecule has 0 radical (unpaired) electrons. The number of hydrogen-bond acceptors (Lipinski definition) is 2. The van der Waals surface area contributed by atoms with Crippen LogP contribution >= 0.6 is 0 Å². The highest BCUT2D eigenvalue weighted by molar-refractivity contribution is 5.73. The minimum atomic E-state index is -0.0875. The molecule has 0 spiro atoms. The summed E-state index contributed by atoms with van der Waals surface area (Å²) in [5.74, 6) is 0. The molecule has 1 fully saturated rings. The number of rotatable bonds is 1. The molecule has 1 heterocycles. The van der Waals surface area contributed by atoms with Gasteiger partial charge in [-0.2, -0.15) is 0 Å². The Hall–Kier alpha value is -0.770. The minimum Gasteiger partial charge on any atom is -0.341 e. The van der Waals surface area contributed by atoms with Crippen LogP contribution in [-0.4, -0.2) is 31.7 Å². The van der Waals surface area contributed by atoms with Gasteiger partial charge in [0.1, 0.15) is 0 Å². The maximum Gasteiger partial charge on any atom is 0.314 e. The highest BCUT2D eigenvalue weighted by Gasteiger charge is 2.21. The first-order chi connectivity index (χ1) is 5.74. The zero-order valence-corrected chi connectivity index (χ0v) is 7.68. The van der Waals surface area contributed by atoms with Crippen LogP contribution in [0.15, 0.2) is 0 Å². The quantitative estimate of drug-likeness (QED) is 0.522. The van der Waals surface area contributed by atoms with Crippen LogP contribution in [0.5, 0.6) is 0 Å². The summed E-state index contributed by atoms with van der Waals surface area (Å²) in [6.45, 7) is 3.16. The van der Waals surface area contributed by atoms with Gasteiger partial charge in [0, 0.05) is 19.1 Å². The summed E-state index contributed by atoms with van der Waals surface area (Å²) in [5.41, 5.74) is 0. The van der Waals surface area contributed by atoms with E-state index in [0.717, 1.165) is 19.4 Å². The molecule has 2 unspecified atom stereocenters. The Kier molecular flexibility index (Phi) is 3.34. The van der Waals surface area contributed by atoms with Crippen LogP contribution in [0.3, 0.4) is 0 Å². The molecule has 4 nitrogen and oxygen atoms in total. The Morgan fingerprint density at radius 2 is 2.33 bits per heavy atom. The Labute approximate surface area is 73.1 Å². The summed E-state index contributed by atoms with van der Waals surface area (Å²) in [6.07, 6.45) is 2.21. The third kappa shape index (κ3) is 2.37. The number of carbonyl (C=O) groups is 1. The molecular weight excluding hydrogens is 154 g/mol. The first-order valence-electron chi connectivity index (χ1n) is 4.45. The van der Waals surface area contributed by atoms with Crippen LogP contribution in [0.1, 0.15) is 19.8 Å².